The molecule has 5 aliphatic heterocycles. The average molecular weight is 393 g/mol. The highest BCUT2D eigenvalue weighted by Crippen LogP contribution is 2.29. The van der Waals surface area contributed by atoms with Crippen LogP contribution in [0.25, 0.3) is 0 Å². The maximum atomic E-state index is 12.6. The molecule has 8 bridgehead atoms. The van der Waals surface area contributed by atoms with Gasteiger partial charge in [0.2, 0.25) is 0 Å². The van der Waals surface area contributed by atoms with Gasteiger partial charge in [0.05, 0.1) is 52.6 Å². The van der Waals surface area contributed by atoms with Gasteiger partial charge in [-0.25, -0.2) is 20.0 Å². The predicted molar refractivity (Wildman–Crippen MR) is 118 cm³/mol. The molecule has 144 valence electrons. The van der Waals surface area contributed by atoms with Crippen molar-refractivity contribution < 1.29 is 11.0 Å². The van der Waals surface area contributed by atoms with Crippen molar-refractivity contribution >= 4 is 34.4 Å². The van der Waals surface area contributed by atoms with Crippen LogP contribution < -0.4 is 0 Å². The fraction of sp³-hybridized carbons (Fsp3) is 0.0833. The molecule has 0 fully saturated rings. The number of nitrogens with zero attached hydrogens (tertiary/aromatic N) is 4. The third-order valence-electron chi connectivity index (χ3n) is 4.82. The van der Waals surface area contributed by atoms with Crippen LogP contribution in [0.2, 0.25) is 0 Å². The molecular weight excluding hydrogens is 376 g/mol. The first-order chi connectivity index (χ1) is 14.9. The van der Waals surface area contributed by atoms with Gasteiger partial charge < -0.3 is 0 Å². The molecule has 5 heterocycles. The van der Waals surface area contributed by atoms with Crippen LogP contribution in [0.4, 0.5) is 0 Å². The molecule has 6 nitrogen and oxygen atoms in total. The monoisotopic (exact) mass is 393 g/mol. The van der Waals surface area contributed by atoms with Gasteiger partial charge >= 0.3 is 0 Å². The van der Waals surface area contributed by atoms with E-state index >= 15 is 0 Å². The number of carbonyl (C=O) groups is 2. The van der Waals surface area contributed by atoms with Crippen molar-refractivity contribution in [3.05, 3.63) is 94.7 Å². The third kappa shape index (κ3) is 3.18. The van der Waals surface area contributed by atoms with Crippen molar-refractivity contribution in [2.75, 3.05) is 0 Å². The normalized spacial score (nSPS) is 21.8. The molecule has 0 spiro atoms. The summed E-state index contributed by atoms with van der Waals surface area (Å²) in [7, 11) is 0. The van der Waals surface area contributed by atoms with Gasteiger partial charge in [0, 0.05) is 5.57 Å². The Balaban J connectivity index is 1.79. The summed E-state index contributed by atoms with van der Waals surface area (Å²) in [5, 5.41) is 0. The van der Waals surface area contributed by atoms with Gasteiger partial charge in [-0.3, -0.25) is 9.59 Å². The number of hydrogen-bond donors (Lipinski definition) is 0. The van der Waals surface area contributed by atoms with Crippen molar-refractivity contribution in [1.29, 1.82) is 0 Å². The molecule has 0 aromatic carbocycles. The Morgan fingerprint density at radius 1 is 0.700 bits per heavy atom. The summed E-state index contributed by atoms with van der Waals surface area (Å²) in [6, 6.07) is -0.0284. The first-order valence-electron chi connectivity index (χ1n) is 9.91. The lowest BCUT2D eigenvalue weighted by Crippen LogP contribution is -2.12. The highest BCUT2D eigenvalue weighted by atomic mass is 16.1. The number of aliphatic imine (C=N–C) groups is 4. The lowest BCUT2D eigenvalue weighted by Gasteiger charge is -2.07. The average Bonchev–Trinajstić information content (AvgIpc) is 3.47. The summed E-state index contributed by atoms with van der Waals surface area (Å²) < 4.78 is 8.52. The molecule has 0 aliphatic carbocycles. The number of hydrogen-bond acceptors (Lipinski definition) is 6. The predicted octanol–water partition coefficient (Wildman–Crippen LogP) is 3.50. The summed E-state index contributed by atoms with van der Waals surface area (Å²) in [5.41, 5.74) is 4.64. The smallest absolute Gasteiger partial charge is 0.164 e. The van der Waals surface area contributed by atoms with E-state index in [-0.39, 0.29) is 40.2 Å². The second-order valence-electron chi connectivity index (χ2n) is 7.11. The van der Waals surface area contributed by atoms with Gasteiger partial charge in [-0.15, -0.1) is 0 Å². The first kappa shape index (κ1) is 16.9. The van der Waals surface area contributed by atoms with E-state index in [9.17, 15) is 9.59 Å². The summed E-state index contributed by atoms with van der Waals surface area (Å²) in [6.07, 6.45) is 16.2. The lowest BCUT2D eigenvalue weighted by atomic mass is 9.98. The van der Waals surface area contributed by atoms with Crippen molar-refractivity contribution in [3.8, 4) is 0 Å². The summed E-state index contributed by atoms with van der Waals surface area (Å²) in [5.74, 6) is -0.616. The first-order valence-corrected chi connectivity index (χ1v) is 9.41. The maximum Gasteiger partial charge on any atom is 0.164 e. The van der Waals surface area contributed by atoms with Crippen LogP contribution in [-0.4, -0.2) is 34.4 Å². The number of rotatable bonds is 2. The summed E-state index contributed by atoms with van der Waals surface area (Å²) in [4.78, 5) is 43.1. The molecule has 0 amide bonds. The van der Waals surface area contributed by atoms with E-state index in [1.165, 1.54) is 13.8 Å². The van der Waals surface area contributed by atoms with E-state index in [2.05, 4.69) is 20.0 Å². The van der Waals surface area contributed by atoms with E-state index in [0.29, 0.717) is 17.1 Å². The van der Waals surface area contributed by atoms with Gasteiger partial charge in [0.25, 0.3) is 0 Å². The van der Waals surface area contributed by atoms with Crippen LogP contribution in [0.5, 0.6) is 0 Å². The molecule has 0 saturated heterocycles. The van der Waals surface area contributed by atoms with E-state index in [1.54, 1.807) is 24.3 Å². The molecule has 5 aliphatic rings. The largest absolute Gasteiger partial charge is 0.294 e. The van der Waals surface area contributed by atoms with Crippen molar-refractivity contribution in [2.45, 2.75) is 13.8 Å². The van der Waals surface area contributed by atoms with Crippen LogP contribution in [0.15, 0.2) is 115 Å². The number of Topliss-reactive ketones (excluding diaryl/α,β-unsaturated/α-hetero) is 2. The second-order valence-corrected chi connectivity index (χ2v) is 7.11. The van der Waals surface area contributed by atoms with Crippen LogP contribution in [0, 0.1) is 0 Å². The third-order valence-corrected chi connectivity index (χ3v) is 4.82. The minimum atomic E-state index is -0.333. The second kappa shape index (κ2) is 6.77. The van der Waals surface area contributed by atoms with E-state index < -0.39 is 0 Å². The van der Waals surface area contributed by atoms with Crippen molar-refractivity contribution in [1.82, 2.24) is 0 Å². The van der Waals surface area contributed by atoms with Crippen LogP contribution >= 0.6 is 0 Å². The number of fused-ring (bicyclic) bond motifs is 4. The number of carbonyl (C=O) groups excluding carboxylic acids is 2. The van der Waals surface area contributed by atoms with E-state index in [0.717, 1.165) is 17.1 Å². The van der Waals surface area contributed by atoms with Crippen LogP contribution in [-0.2, 0) is 9.59 Å². The fourth-order valence-electron chi connectivity index (χ4n) is 3.51. The van der Waals surface area contributed by atoms with E-state index in [1.807, 2.05) is 30.4 Å². The molecule has 5 rings (SSSR count). The summed E-state index contributed by atoms with van der Waals surface area (Å²) in [6.45, 7) is 2.77. The highest BCUT2D eigenvalue weighted by molar-refractivity contribution is 6.30. The van der Waals surface area contributed by atoms with Crippen LogP contribution in [0.3, 0.4) is 0 Å². The molecule has 6 heteroatoms. The lowest BCUT2D eigenvalue weighted by molar-refractivity contribution is -0.113. The molecule has 0 atom stereocenters. The Labute approximate surface area is 174 Å². The molecule has 0 aromatic rings. The highest BCUT2D eigenvalue weighted by Gasteiger charge is 2.27. The molecular formula is C24H16N4O2. The number of allylic oxidation sites excluding steroid dienone is 12. The van der Waals surface area contributed by atoms with Crippen LogP contribution in [0.1, 0.15) is 15.2 Å². The van der Waals surface area contributed by atoms with Gasteiger partial charge in [-0.2, -0.15) is 0 Å². The minimum absolute atomic E-state index is 0.0284. The fourth-order valence-corrected chi connectivity index (χ4v) is 3.51. The van der Waals surface area contributed by atoms with Gasteiger partial charge in [0.1, 0.15) is 0 Å². The van der Waals surface area contributed by atoms with Crippen molar-refractivity contribution in [2.24, 2.45) is 20.0 Å². The Morgan fingerprint density at radius 2 is 1.27 bits per heavy atom. The SMILES string of the molecule is [2H]C1=C(C(C)=O)C2=C(C(C)=O)C3=NC(=CC4=NC(=CC5=NC(=CC1=N2)C=C5)C=C4)C=C3. The zero-order valence-electron chi connectivity index (χ0n) is 17.3. The Kier molecular flexibility index (Phi) is 3.81. The Hall–Kier alpha value is -4.06. The van der Waals surface area contributed by atoms with Gasteiger partial charge in [0.15, 0.2) is 11.6 Å². The Morgan fingerprint density at radius 3 is 1.87 bits per heavy atom. The standard InChI is InChI=1S/C24H16N4O2/c1-13(29)21-12-20-11-18-6-5-16(26-18)9-15-3-4-17(25-15)10-19-7-8-22(27-19)23(14(2)30)24(21)28-20/h3-12H,1-2H3/i12D. The van der Waals surface area contributed by atoms with Crippen molar-refractivity contribution in [3.63, 3.8) is 0 Å². The molecule has 0 radical (unpaired) electrons. The zero-order chi connectivity index (χ0) is 21.7. The van der Waals surface area contributed by atoms with Gasteiger partial charge in [-0.05, 0) is 74.6 Å². The molecule has 0 saturated carbocycles. The van der Waals surface area contributed by atoms with Gasteiger partial charge in [-0.1, -0.05) is 0 Å². The maximum absolute atomic E-state index is 12.6. The molecule has 30 heavy (non-hydrogen) atoms. The topological polar surface area (TPSA) is 83.6 Å². The zero-order valence-corrected chi connectivity index (χ0v) is 16.3. The number of ketones is 2. The molecule has 0 unspecified atom stereocenters. The summed E-state index contributed by atoms with van der Waals surface area (Å²) >= 11 is 0. The van der Waals surface area contributed by atoms with E-state index in [4.69, 9.17) is 1.37 Å². The molecule has 0 aromatic heterocycles. The Bertz CT molecular complexity index is 1370. The molecule has 0 N–H and O–H groups in total. The minimum Gasteiger partial charge on any atom is -0.294 e. The quantitative estimate of drug-likeness (QED) is 0.719.